The number of nitrogens with one attached hydrogen (secondary N) is 1. The first kappa shape index (κ1) is 13.3. The van der Waals surface area contributed by atoms with Gasteiger partial charge in [0.2, 0.25) is 0 Å². The molecule has 0 aliphatic heterocycles. The molecule has 0 aromatic carbocycles. The third-order valence-corrected chi connectivity index (χ3v) is 4.05. The van der Waals surface area contributed by atoms with Gasteiger partial charge >= 0.3 is 0 Å². The van der Waals surface area contributed by atoms with Gasteiger partial charge in [-0.2, -0.15) is 0 Å². The van der Waals surface area contributed by atoms with E-state index in [1.165, 1.54) is 0 Å². The summed E-state index contributed by atoms with van der Waals surface area (Å²) in [5, 5.41) is 22.7. The van der Waals surface area contributed by atoms with Crippen LogP contribution >= 0.6 is 0 Å². The van der Waals surface area contributed by atoms with Gasteiger partial charge in [0, 0.05) is 30.3 Å². The van der Waals surface area contributed by atoms with Crippen LogP contribution in [0.15, 0.2) is 12.1 Å². The molecule has 0 spiro atoms. The molecule has 2 atom stereocenters. The largest absolute Gasteiger partial charge is 0.506 e. The van der Waals surface area contributed by atoms with Crippen LogP contribution in [-0.2, 0) is 6.54 Å². The summed E-state index contributed by atoms with van der Waals surface area (Å²) in [6.45, 7) is 4.78. The second-order valence-corrected chi connectivity index (χ2v) is 5.56. The highest BCUT2D eigenvalue weighted by Gasteiger charge is 2.37. The molecule has 0 radical (unpaired) electrons. The van der Waals surface area contributed by atoms with Crippen molar-refractivity contribution in [2.45, 2.75) is 45.7 Å². The lowest BCUT2D eigenvalue weighted by atomic mass is 9.86. The maximum atomic E-state index is 9.74. The summed E-state index contributed by atoms with van der Waals surface area (Å²) >= 11 is 0. The first-order valence-corrected chi connectivity index (χ1v) is 6.55. The number of rotatable bonds is 4. The lowest BCUT2D eigenvalue weighted by molar-refractivity contribution is 0.118. The Morgan fingerprint density at radius 1 is 1.50 bits per heavy atom. The number of aryl methyl sites for hydroxylation is 1. The highest BCUT2D eigenvalue weighted by molar-refractivity contribution is 5.27. The number of hydrogen-bond donors (Lipinski definition) is 3. The molecule has 0 saturated heterocycles. The van der Waals surface area contributed by atoms with Crippen LogP contribution in [0.1, 0.15) is 37.6 Å². The Bertz CT molecular complexity index is 422. The van der Waals surface area contributed by atoms with E-state index < -0.39 is 0 Å². The fourth-order valence-electron chi connectivity index (χ4n) is 2.72. The lowest BCUT2D eigenvalue weighted by Gasteiger charge is -2.30. The Morgan fingerprint density at radius 2 is 2.28 bits per heavy atom. The van der Waals surface area contributed by atoms with E-state index in [2.05, 4.69) is 17.2 Å². The van der Waals surface area contributed by atoms with Crippen LogP contribution in [0, 0.1) is 12.3 Å². The van der Waals surface area contributed by atoms with E-state index in [4.69, 9.17) is 0 Å². The zero-order valence-corrected chi connectivity index (χ0v) is 11.1. The van der Waals surface area contributed by atoms with Crippen LogP contribution in [-0.4, -0.2) is 27.8 Å². The molecule has 1 fully saturated rings. The van der Waals surface area contributed by atoms with Gasteiger partial charge in [-0.15, -0.1) is 0 Å². The average molecular weight is 250 g/mol. The Kier molecular flexibility index (Phi) is 3.88. The molecule has 4 heteroatoms. The molecule has 1 aliphatic carbocycles. The molecule has 18 heavy (non-hydrogen) atoms. The molecule has 3 N–H and O–H groups in total. The average Bonchev–Trinajstić information content (AvgIpc) is 2.73. The molecule has 1 saturated carbocycles. The third kappa shape index (κ3) is 2.65. The summed E-state index contributed by atoms with van der Waals surface area (Å²) in [6, 6.07) is 3.77. The van der Waals surface area contributed by atoms with E-state index in [0.29, 0.717) is 18.3 Å². The molecular formula is C14H22N2O2. The normalized spacial score (nSPS) is 27.6. The van der Waals surface area contributed by atoms with Gasteiger partial charge in [0.15, 0.2) is 0 Å². The van der Waals surface area contributed by atoms with Crippen molar-refractivity contribution in [3.63, 3.8) is 0 Å². The van der Waals surface area contributed by atoms with E-state index >= 15 is 0 Å². The Labute approximate surface area is 108 Å². The number of pyridine rings is 1. The maximum absolute atomic E-state index is 9.74. The predicted octanol–water partition coefficient (Wildman–Crippen LogP) is 1.74. The maximum Gasteiger partial charge on any atom is 0.138 e. The molecule has 100 valence electrons. The molecular weight excluding hydrogens is 228 g/mol. The van der Waals surface area contributed by atoms with Crippen molar-refractivity contribution in [1.82, 2.24) is 10.3 Å². The number of aromatic hydroxyl groups is 1. The number of aliphatic hydroxyl groups excluding tert-OH is 1. The summed E-state index contributed by atoms with van der Waals surface area (Å²) in [5.41, 5.74) is 1.54. The van der Waals surface area contributed by atoms with E-state index in [1.807, 2.05) is 6.92 Å². The summed E-state index contributed by atoms with van der Waals surface area (Å²) in [5.74, 6) is 0.233. The molecule has 2 unspecified atom stereocenters. The fraction of sp³-hybridized carbons (Fsp3) is 0.643. The second kappa shape index (κ2) is 5.24. The zero-order valence-electron chi connectivity index (χ0n) is 11.1. The van der Waals surface area contributed by atoms with Crippen LogP contribution in [0.4, 0.5) is 0 Å². The Hall–Kier alpha value is -1.13. The van der Waals surface area contributed by atoms with Gasteiger partial charge in [0.25, 0.3) is 0 Å². The fourth-order valence-corrected chi connectivity index (χ4v) is 2.72. The van der Waals surface area contributed by atoms with Gasteiger partial charge in [-0.3, -0.25) is 4.98 Å². The van der Waals surface area contributed by atoms with Gasteiger partial charge < -0.3 is 15.5 Å². The minimum atomic E-state index is -0.0422. The van der Waals surface area contributed by atoms with E-state index in [0.717, 1.165) is 25.0 Å². The van der Waals surface area contributed by atoms with Crippen LogP contribution in [0.2, 0.25) is 0 Å². The van der Waals surface area contributed by atoms with Gasteiger partial charge in [-0.05, 0) is 31.9 Å². The third-order valence-electron chi connectivity index (χ3n) is 4.05. The molecule has 0 amide bonds. The highest BCUT2D eigenvalue weighted by Crippen LogP contribution is 2.37. The molecule has 0 bridgehead atoms. The van der Waals surface area contributed by atoms with Gasteiger partial charge in [-0.1, -0.05) is 13.3 Å². The summed E-state index contributed by atoms with van der Waals surface area (Å²) in [4.78, 5) is 4.33. The van der Waals surface area contributed by atoms with Crippen molar-refractivity contribution in [2.75, 3.05) is 6.61 Å². The van der Waals surface area contributed by atoms with Gasteiger partial charge in [0.1, 0.15) is 5.75 Å². The Balaban J connectivity index is 2.01. The van der Waals surface area contributed by atoms with Crippen molar-refractivity contribution >= 4 is 0 Å². The van der Waals surface area contributed by atoms with Crippen molar-refractivity contribution in [3.05, 3.63) is 23.5 Å². The molecule has 1 aromatic heterocycles. The van der Waals surface area contributed by atoms with Gasteiger partial charge in [-0.25, -0.2) is 0 Å². The monoisotopic (exact) mass is 250 g/mol. The van der Waals surface area contributed by atoms with E-state index in [1.54, 1.807) is 12.1 Å². The number of aromatic nitrogens is 1. The zero-order chi connectivity index (χ0) is 13.2. The van der Waals surface area contributed by atoms with Crippen LogP contribution < -0.4 is 5.32 Å². The van der Waals surface area contributed by atoms with E-state index in [-0.39, 0.29) is 17.8 Å². The smallest absolute Gasteiger partial charge is 0.138 e. The number of hydrogen-bond acceptors (Lipinski definition) is 4. The quantitative estimate of drug-likeness (QED) is 0.761. The SMILES string of the molecule is Cc1ccc(O)c(CNC2CCCC2(C)CO)n1. The molecule has 2 rings (SSSR count). The minimum Gasteiger partial charge on any atom is -0.506 e. The highest BCUT2D eigenvalue weighted by atomic mass is 16.3. The molecule has 1 aliphatic rings. The summed E-state index contributed by atoms with van der Waals surface area (Å²) in [7, 11) is 0. The summed E-state index contributed by atoms with van der Waals surface area (Å²) in [6.07, 6.45) is 3.26. The predicted molar refractivity (Wildman–Crippen MR) is 70.3 cm³/mol. The minimum absolute atomic E-state index is 0.0422. The van der Waals surface area contributed by atoms with E-state index in [9.17, 15) is 10.2 Å². The first-order valence-electron chi connectivity index (χ1n) is 6.55. The number of nitrogens with zero attached hydrogens (tertiary/aromatic N) is 1. The van der Waals surface area contributed by atoms with Crippen molar-refractivity contribution < 1.29 is 10.2 Å². The second-order valence-electron chi connectivity index (χ2n) is 5.56. The molecule has 4 nitrogen and oxygen atoms in total. The molecule has 1 aromatic rings. The van der Waals surface area contributed by atoms with Crippen molar-refractivity contribution in [2.24, 2.45) is 5.41 Å². The summed E-state index contributed by atoms with van der Waals surface area (Å²) < 4.78 is 0. The van der Waals surface area contributed by atoms with Crippen molar-refractivity contribution in [1.29, 1.82) is 0 Å². The van der Waals surface area contributed by atoms with Crippen molar-refractivity contribution in [3.8, 4) is 5.75 Å². The van der Waals surface area contributed by atoms with Crippen LogP contribution in [0.3, 0.4) is 0 Å². The number of aliphatic hydroxyl groups is 1. The van der Waals surface area contributed by atoms with Crippen LogP contribution in [0.25, 0.3) is 0 Å². The standard InChI is InChI=1S/C14H22N2O2/c1-10-5-6-12(18)11(16-10)8-15-13-4-3-7-14(13,2)9-17/h5-6,13,15,17-18H,3-4,7-9H2,1-2H3. The molecule has 1 heterocycles. The first-order chi connectivity index (χ1) is 8.55. The topological polar surface area (TPSA) is 65.4 Å². The van der Waals surface area contributed by atoms with Crippen LogP contribution in [0.5, 0.6) is 5.75 Å². The Morgan fingerprint density at radius 3 is 3.00 bits per heavy atom. The van der Waals surface area contributed by atoms with Gasteiger partial charge in [0.05, 0.1) is 5.69 Å². The lowest BCUT2D eigenvalue weighted by Crippen LogP contribution is -2.41.